The summed E-state index contributed by atoms with van der Waals surface area (Å²) in [5.41, 5.74) is -0.717. The zero-order valence-electron chi connectivity index (χ0n) is 8.57. The van der Waals surface area contributed by atoms with E-state index in [-0.39, 0.29) is 29.7 Å². The van der Waals surface area contributed by atoms with Crippen LogP contribution in [-0.2, 0) is 19.0 Å². The molecule has 3 saturated heterocycles. The highest BCUT2D eigenvalue weighted by Crippen LogP contribution is 2.63. The molecule has 3 fully saturated rings. The minimum absolute atomic E-state index is 0.102. The van der Waals surface area contributed by atoms with E-state index in [2.05, 4.69) is 0 Å². The van der Waals surface area contributed by atoms with E-state index in [1.165, 1.54) is 7.11 Å². The molecule has 0 saturated carbocycles. The zero-order chi connectivity index (χ0) is 10.1. The molecule has 3 aliphatic heterocycles. The lowest BCUT2D eigenvalue weighted by Crippen LogP contribution is -2.42. The first-order valence-corrected chi connectivity index (χ1v) is 4.95. The summed E-state index contributed by atoms with van der Waals surface area (Å²) in [4.78, 5) is 11.6. The molecule has 1 unspecified atom stereocenters. The van der Waals surface area contributed by atoms with E-state index in [4.69, 9.17) is 14.2 Å². The molecule has 4 nitrogen and oxygen atoms in total. The van der Waals surface area contributed by atoms with Crippen molar-refractivity contribution in [2.24, 2.45) is 5.92 Å². The summed E-state index contributed by atoms with van der Waals surface area (Å²) in [5.74, 6) is -0.341. The Hall–Kier alpha value is -0.610. The van der Waals surface area contributed by atoms with Crippen LogP contribution >= 0.6 is 0 Å². The molecule has 0 aromatic heterocycles. The summed E-state index contributed by atoms with van der Waals surface area (Å²) < 4.78 is 16.2. The van der Waals surface area contributed by atoms with Gasteiger partial charge in [-0.15, -0.1) is 0 Å². The predicted molar refractivity (Wildman–Crippen MR) is 46.7 cm³/mol. The molecule has 3 heterocycles. The Morgan fingerprint density at radius 2 is 2.14 bits per heavy atom. The standard InChI is InChI=1S/C10H14O4/c1-9-4-5(8(11)12-3)10(2,14-9)7-6(9)13-7/h5-7H,4H2,1-3H3/t5-,6?,7+,9+,10-/m0/s1. The minimum atomic E-state index is -0.452. The number of ether oxygens (including phenoxy) is 3. The number of esters is 1. The van der Waals surface area contributed by atoms with Gasteiger partial charge in [0, 0.05) is 0 Å². The van der Waals surface area contributed by atoms with Crippen molar-refractivity contribution in [2.75, 3.05) is 7.11 Å². The van der Waals surface area contributed by atoms with Crippen LogP contribution in [0.5, 0.6) is 0 Å². The van der Waals surface area contributed by atoms with Crippen LogP contribution in [0, 0.1) is 5.92 Å². The van der Waals surface area contributed by atoms with E-state index < -0.39 is 5.60 Å². The number of carbonyl (C=O) groups is 1. The van der Waals surface area contributed by atoms with Crippen LogP contribution in [-0.4, -0.2) is 36.5 Å². The average Bonchev–Trinajstić information content (AvgIpc) is 2.85. The van der Waals surface area contributed by atoms with E-state index in [0.717, 1.165) is 6.42 Å². The lowest BCUT2D eigenvalue weighted by Gasteiger charge is -2.25. The topological polar surface area (TPSA) is 48.1 Å². The second kappa shape index (κ2) is 2.14. The summed E-state index contributed by atoms with van der Waals surface area (Å²) in [7, 11) is 1.42. The third-order valence-electron chi connectivity index (χ3n) is 3.90. The van der Waals surface area contributed by atoms with Crippen LogP contribution < -0.4 is 0 Å². The van der Waals surface area contributed by atoms with E-state index in [1.54, 1.807) is 0 Å². The fraction of sp³-hybridized carbons (Fsp3) is 0.900. The van der Waals surface area contributed by atoms with Crippen molar-refractivity contribution in [3.05, 3.63) is 0 Å². The number of carbonyl (C=O) groups excluding carboxylic acids is 1. The number of hydrogen-bond donors (Lipinski definition) is 0. The number of fused-ring (bicyclic) bond motifs is 5. The molecule has 0 N–H and O–H groups in total. The highest BCUT2D eigenvalue weighted by Gasteiger charge is 2.78. The molecule has 0 spiro atoms. The third kappa shape index (κ3) is 0.754. The second-order valence-electron chi connectivity index (χ2n) is 4.86. The smallest absolute Gasteiger partial charge is 0.311 e. The Labute approximate surface area is 82.5 Å². The first-order valence-electron chi connectivity index (χ1n) is 4.95. The molecule has 0 aromatic rings. The second-order valence-corrected chi connectivity index (χ2v) is 4.86. The van der Waals surface area contributed by atoms with E-state index >= 15 is 0 Å². The summed E-state index contributed by atoms with van der Waals surface area (Å²) in [6, 6.07) is 0. The third-order valence-corrected chi connectivity index (χ3v) is 3.90. The molecule has 0 aliphatic carbocycles. The monoisotopic (exact) mass is 198 g/mol. The number of rotatable bonds is 1. The van der Waals surface area contributed by atoms with Crippen molar-refractivity contribution >= 4 is 5.97 Å². The number of methoxy groups -OCH3 is 1. The molecule has 14 heavy (non-hydrogen) atoms. The molecular weight excluding hydrogens is 184 g/mol. The van der Waals surface area contributed by atoms with Crippen molar-refractivity contribution < 1.29 is 19.0 Å². The van der Waals surface area contributed by atoms with Gasteiger partial charge in [-0.2, -0.15) is 0 Å². The van der Waals surface area contributed by atoms with Crippen LogP contribution in [0.4, 0.5) is 0 Å². The number of epoxide rings is 1. The fourth-order valence-corrected chi connectivity index (χ4v) is 3.13. The lowest BCUT2D eigenvalue weighted by atomic mass is 9.75. The molecule has 0 amide bonds. The van der Waals surface area contributed by atoms with Crippen molar-refractivity contribution in [1.29, 1.82) is 0 Å². The lowest BCUT2D eigenvalue weighted by molar-refractivity contribution is -0.154. The molecule has 0 aromatic carbocycles. The molecule has 0 radical (unpaired) electrons. The van der Waals surface area contributed by atoms with Crippen LogP contribution in [0.2, 0.25) is 0 Å². The maximum absolute atomic E-state index is 11.6. The van der Waals surface area contributed by atoms with Crippen LogP contribution in [0.3, 0.4) is 0 Å². The maximum Gasteiger partial charge on any atom is 0.311 e. The van der Waals surface area contributed by atoms with Gasteiger partial charge in [0.1, 0.15) is 17.8 Å². The Morgan fingerprint density at radius 1 is 1.43 bits per heavy atom. The largest absolute Gasteiger partial charge is 0.469 e. The molecule has 5 atom stereocenters. The van der Waals surface area contributed by atoms with Crippen molar-refractivity contribution in [3.63, 3.8) is 0 Å². The fourth-order valence-electron chi connectivity index (χ4n) is 3.13. The van der Waals surface area contributed by atoms with Gasteiger partial charge in [-0.3, -0.25) is 4.79 Å². The maximum atomic E-state index is 11.6. The molecule has 3 rings (SSSR count). The highest BCUT2D eigenvalue weighted by molar-refractivity contribution is 5.75. The van der Waals surface area contributed by atoms with Gasteiger partial charge in [0.25, 0.3) is 0 Å². The number of hydrogen-bond acceptors (Lipinski definition) is 4. The minimum Gasteiger partial charge on any atom is -0.469 e. The van der Waals surface area contributed by atoms with Crippen LogP contribution in [0.25, 0.3) is 0 Å². The summed E-state index contributed by atoms with van der Waals surface area (Å²) in [6.07, 6.45) is 1.02. The van der Waals surface area contributed by atoms with Crippen molar-refractivity contribution in [3.8, 4) is 0 Å². The Kier molecular flexibility index (Phi) is 1.33. The van der Waals surface area contributed by atoms with Gasteiger partial charge < -0.3 is 14.2 Å². The van der Waals surface area contributed by atoms with Gasteiger partial charge in [0.05, 0.1) is 18.6 Å². The first-order chi connectivity index (χ1) is 6.51. The molecule has 78 valence electrons. The van der Waals surface area contributed by atoms with Gasteiger partial charge in [0.2, 0.25) is 0 Å². The van der Waals surface area contributed by atoms with Gasteiger partial charge in [-0.1, -0.05) is 0 Å². The molecule has 3 aliphatic rings. The molecule has 2 bridgehead atoms. The van der Waals surface area contributed by atoms with Gasteiger partial charge in [0.15, 0.2) is 0 Å². The van der Waals surface area contributed by atoms with Crippen molar-refractivity contribution in [1.82, 2.24) is 0 Å². The molecular formula is C10H14O4. The van der Waals surface area contributed by atoms with Crippen molar-refractivity contribution in [2.45, 2.75) is 43.7 Å². The van der Waals surface area contributed by atoms with Gasteiger partial charge in [-0.25, -0.2) is 0 Å². The highest BCUT2D eigenvalue weighted by atomic mass is 16.7. The Bertz CT molecular complexity index is 315. The molecule has 4 heteroatoms. The van der Waals surface area contributed by atoms with Gasteiger partial charge >= 0.3 is 5.97 Å². The van der Waals surface area contributed by atoms with Crippen LogP contribution in [0.15, 0.2) is 0 Å². The Morgan fingerprint density at radius 3 is 2.64 bits per heavy atom. The zero-order valence-corrected chi connectivity index (χ0v) is 8.57. The summed E-state index contributed by atoms with van der Waals surface area (Å²) in [6.45, 7) is 3.98. The van der Waals surface area contributed by atoms with Gasteiger partial charge in [-0.05, 0) is 20.3 Å². The summed E-state index contributed by atoms with van der Waals surface area (Å²) >= 11 is 0. The first kappa shape index (κ1) is 8.68. The normalized spacial score (nSPS) is 58.4. The van der Waals surface area contributed by atoms with E-state index in [9.17, 15) is 4.79 Å². The average molecular weight is 198 g/mol. The predicted octanol–water partition coefficient (Wildman–Crippen LogP) is 0.494. The van der Waals surface area contributed by atoms with E-state index in [0.29, 0.717) is 0 Å². The Balaban J connectivity index is 1.95. The summed E-state index contributed by atoms with van der Waals surface area (Å²) in [5, 5.41) is 0. The van der Waals surface area contributed by atoms with Crippen LogP contribution in [0.1, 0.15) is 20.3 Å². The van der Waals surface area contributed by atoms with E-state index in [1.807, 2.05) is 13.8 Å². The quantitative estimate of drug-likeness (QED) is 0.454. The SMILES string of the molecule is COC(=O)[C@@H]1C[C@@]2(C)O[C@]1(C)[C@@H]1OC12.